The van der Waals surface area contributed by atoms with Crippen molar-refractivity contribution >= 4 is 49.9 Å². The summed E-state index contributed by atoms with van der Waals surface area (Å²) in [5, 5.41) is 5.06. The van der Waals surface area contributed by atoms with Gasteiger partial charge in [0, 0.05) is 34.6 Å². The maximum Gasteiger partial charge on any atom is 0.0468 e. The highest BCUT2D eigenvalue weighted by Gasteiger charge is 2.23. The molecule has 0 amide bonds. The normalized spacial score (nSPS) is 14.4. The van der Waals surface area contributed by atoms with Crippen molar-refractivity contribution < 1.29 is 0 Å². The molecular formula is C52H46N2. The molecule has 54 heavy (non-hydrogen) atoms. The van der Waals surface area contributed by atoms with Crippen LogP contribution in [0.1, 0.15) is 43.7 Å². The van der Waals surface area contributed by atoms with Crippen molar-refractivity contribution in [3.8, 4) is 11.1 Å². The molecule has 2 aliphatic rings. The van der Waals surface area contributed by atoms with Crippen molar-refractivity contribution in [3.05, 3.63) is 211 Å². The van der Waals surface area contributed by atoms with Gasteiger partial charge in [0.1, 0.15) is 0 Å². The van der Waals surface area contributed by atoms with Gasteiger partial charge in [0.25, 0.3) is 0 Å². The smallest absolute Gasteiger partial charge is 0.0468 e. The average molecular weight is 699 g/mol. The van der Waals surface area contributed by atoms with E-state index in [9.17, 15) is 0 Å². The van der Waals surface area contributed by atoms with Crippen molar-refractivity contribution in [3.63, 3.8) is 0 Å². The highest BCUT2D eigenvalue weighted by molar-refractivity contribution is 6.20. The van der Waals surface area contributed by atoms with Crippen LogP contribution < -0.4 is 9.80 Å². The molecule has 0 unspecified atom stereocenters. The lowest BCUT2D eigenvalue weighted by Gasteiger charge is -2.28. The summed E-state index contributed by atoms with van der Waals surface area (Å²) in [5.41, 5.74) is 13.7. The fourth-order valence-electron chi connectivity index (χ4n) is 7.84. The Morgan fingerprint density at radius 2 is 1.22 bits per heavy atom. The maximum atomic E-state index is 3.86. The first-order valence-electron chi connectivity index (χ1n) is 19.1. The molecule has 0 N–H and O–H groups in total. The van der Waals surface area contributed by atoms with Crippen molar-refractivity contribution in [1.82, 2.24) is 0 Å². The zero-order chi connectivity index (χ0) is 36.9. The minimum atomic E-state index is 0.985. The van der Waals surface area contributed by atoms with Crippen molar-refractivity contribution in [2.75, 3.05) is 9.80 Å². The first-order valence-corrected chi connectivity index (χ1v) is 19.1. The number of aryl methyl sites for hydroxylation is 1. The molecule has 0 spiro atoms. The van der Waals surface area contributed by atoms with Gasteiger partial charge in [0.05, 0.1) is 0 Å². The van der Waals surface area contributed by atoms with Crippen LogP contribution in [0.2, 0.25) is 0 Å². The third-order valence-electron chi connectivity index (χ3n) is 10.6. The molecular weight excluding hydrogens is 653 g/mol. The van der Waals surface area contributed by atoms with E-state index in [-0.39, 0.29) is 0 Å². The summed E-state index contributed by atoms with van der Waals surface area (Å²) in [6, 6.07) is 44.7. The Morgan fingerprint density at radius 3 is 1.87 bits per heavy atom. The van der Waals surface area contributed by atoms with E-state index in [1.54, 1.807) is 0 Å². The lowest BCUT2D eigenvalue weighted by Crippen LogP contribution is -2.16. The summed E-state index contributed by atoms with van der Waals surface area (Å²) >= 11 is 0. The quantitative estimate of drug-likeness (QED) is 0.104. The van der Waals surface area contributed by atoms with Gasteiger partial charge in [-0.3, -0.25) is 0 Å². The predicted molar refractivity (Wildman–Crippen MR) is 235 cm³/mol. The topological polar surface area (TPSA) is 6.48 Å². The highest BCUT2D eigenvalue weighted by atomic mass is 15.1. The number of fused-ring (bicyclic) bond motifs is 2. The lowest BCUT2D eigenvalue weighted by molar-refractivity contribution is 0.915. The van der Waals surface area contributed by atoms with E-state index in [0.717, 1.165) is 48.4 Å². The molecule has 0 saturated heterocycles. The van der Waals surface area contributed by atoms with E-state index in [4.69, 9.17) is 0 Å². The minimum Gasteiger partial charge on any atom is -0.321 e. The Balaban J connectivity index is 1.44. The Kier molecular flexibility index (Phi) is 10.1. The first kappa shape index (κ1) is 34.7. The van der Waals surface area contributed by atoms with Crippen LogP contribution in [0.3, 0.4) is 0 Å². The van der Waals surface area contributed by atoms with E-state index >= 15 is 0 Å². The van der Waals surface area contributed by atoms with Crippen molar-refractivity contribution in [2.45, 2.75) is 39.5 Å². The number of para-hydroxylation sites is 2. The van der Waals surface area contributed by atoms with Gasteiger partial charge in [-0.25, -0.2) is 0 Å². The Bertz CT molecular complexity index is 2470. The molecule has 0 fully saturated rings. The van der Waals surface area contributed by atoms with E-state index in [0.29, 0.717) is 0 Å². The third kappa shape index (κ3) is 7.04. The second-order valence-electron chi connectivity index (χ2n) is 14.2. The van der Waals surface area contributed by atoms with Crippen molar-refractivity contribution in [2.24, 2.45) is 0 Å². The molecule has 6 aromatic carbocycles. The van der Waals surface area contributed by atoms with Gasteiger partial charge in [-0.05, 0) is 144 Å². The van der Waals surface area contributed by atoms with E-state index in [1.165, 1.54) is 60.6 Å². The maximum absolute atomic E-state index is 3.86. The fraction of sp³-hybridized carbons (Fsp3) is 0.115. The summed E-state index contributed by atoms with van der Waals surface area (Å²) in [7, 11) is 0. The standard InChI is InChI=1S/C52H46N2/c1-4-5-6-16-35-53(42-17-10-7-11-18-42)45-31-33-47-49(36-45)51(40-27-23-38(2)24-28-40)48-34-32-46(37-50(48)52(47)41-29-25-39(3)26-30-41)54(43-19-12-8-13-20-43)44-21-14-9-15-22-44/h4-10,12-17,19-25,27-29,31-37H,1,11,18,26,30H2,2-3H3/b6-5-,35-16+. The molecule has 2 aliphatic carbocycles. The van der Waals surface area contributed by atoms with Crippen LogP contribution >= 0.6 is 0 Å². The zero-order valence-electron chi connectivity index (χ0n) is 31.3. The molecule has 0 aromatic heterocycles. The van der Waals surface area contributed by atoms with Gasteiger partial charge >= 0.3 is 0 Å². The lowest BCUT2D eigenvalue weighted by atomic mass is 9.82. The molecule has 264 valence electrons. The van der Waals surface area contributed by atoms with Crippen LogP contribution in [-0.4, -0.2) is 0 Å². The molecule has 6 aromatic rings. The van der Waals surface area contributed by atoms with Gasteiger partial charge in [0.15, 0.2) is 0 Å². The van der Waals surface area contributed by atoms with E-state index in [1.807, 2.05) is 18.2 Å². The summed E-state index contributed by atoms with van der Waals surface area (Å²) < 4.78 is 0. The summed E-state index contributed by atoms with van der Waals surface area (Å²) in [6.45, 7) is 8.27. The second kappa shape index (κ2) is 15.7. The molecule has 2 heteroatoms. The fourth-order valence-corrected chi connectivity index (χ4v) is 7.84. The van der Waals surface area contributed by atoms with Crippen LogP contribution in [-0.2, 0) is 0 Å². The molecule has 0 saturated carbocycles. The summed E-state index contributed by atoms with van der Waals surface area (Å²) in [4.78, 5) is 4.73. The largest absolute Gasteiger partial charge is 0.321 e. The van der Waals surface area contributed by atoms with Gasteiger partial charge in [-0.15, -0.1) is 0 Å². The van der Waals surface area contributed by atoms with Gasteiger partial charge < -0.3 is 9.80 Å². The molecule has 0 aliphatic heterocycles. The average Bonchev–Trinajstić information content (AvgIpc) is 3.22. The number of allylic oxidation sites excluding steroid dienone is 12. The number of hydrogen-bond donors (Lipinski definition) is 0. The second-order valence-corrected chi connectivity index (χ2v) is 14.2. The zero-order valence-corrected chi connectivity index (χ0v) is 31.3. The summed E-state index contributed by atoms with van der Waals surface area (Å²) in [6.07, 6.45) is 25.6. The van der Waals surface area contributed by atoms with Gasteiger partial charge in [0.2, 0.25) is 0 Å². The molecule has 8 rings (SSSR count). The monoisotopic (exact) mass is 698 g/mol. The number of rotatable bonds is 10. The minimum absolute atomic E-state index is 0.985. The Morgan fingerprint density at radius 1 is 0.556 bits per heavy atom. The first-order chi connectivity index (χ1) is 26.6. The SMILES string of the molecule is C=C/C=C\C=C\N(C1=CC=CCC1)c1ccc2c(C3=CC=C(C)CC3)c3cc(N(c4ccccc4)c4ccccc4)ccc3c(-c3ccc(C)cc3)c2c1. The van der Waals surface area contributed by atoms with Gasteiger partial charge in [-0.2, -0.15) is 0 Å². The molecule has 0 radical (unpaired) electrons. The van der Waals surface area contributed by atoms with E-state index < -0.39 is 0 Å². The van der Waals surface area contributed by atoms with Crippen LogP contribution in [0.5, 0.6) is 0 Å². The molecule has 0 heterocycles. The van der Waals surface area contributed by atoms with Crippen LogP contribution in [0.15, 0.2) is 200 Å². The molecule has 2 nitrogen and oxygen atoms in total. The number of nitrogens with zero attached hydrogens (tertiary/aromatic N) is 2. The highest BCUT2D eigenvalue weighted by Crippen LogP contribution is 2.47. The summed E-state index contributed by atoms with van der Waals surface area (Å²) in [5.74, 6) is 0. The molecule has 0 bridgehead atoms. The van der Waals surface area contributed by atoms with Crippen LogP contribution in [0, 0.1) is 6.92 Å². The van der Waals surface area contributed by atoms with Crippen LogP contribution in [0.4, 0.5) is 22.7 Å². The Labute approximate surface area is 320 Å². The predicted octanol–water partition coefficient (Wildman–Crippen LogP) is 14.9. The van der Waals surface area contributed by atoms with Crippen molar-refractivity contribution in [1.29, 1.82) is 0 Å². The number of benzene rings is 6. The molecule has 0 atom stereocenters. The number of anilines is 4. The Hall–Kier alpha value is -6.38. The van der Waals surface area contributed by atoms with Crippen LogP contribution in [0.25, 0.3) is 38.2 Å². The van der Waals surface area contributed by atoms with E-state index in [2.05, 4.69) is 194 Å². The van der Waals surface area contributed by atoms with Gasteiger partial charge in [-0.1, -0.05) is 133 Å². The third-order valence-corrected chi connectivity index (χ3v) is 10.6. The number of hydrogen-bond acceptors (Lipinski definition) is 2.